The van der Waals surface area contributed by atoms with E-state index in [0.717, 1.165) is 35.3 Å². The molecule has 2 N–H and O–H groups in total. The van der Waals surface area contributed by atoms with Crippen molar-refractivity contribution in [1.82, 2.24) is 25.1 Å². The van der Waals surface area contributed by atoms with Gasteiger partial charge < -0.3 is 34.3 Å². The zero-order chi connectivity index (χ0) is 30.9. The second-order valence-electron chi connectivity index (χ2n) is 11.9. The molecule has 1 saturated heterocycles. The van der Waals surface area contributed by atoms with Crippen LogP contribution in [-0.2, 0) is 22.7 Å². The largest absolute Gasteiger partial charge is 0.493 e. The van der Waals surface area contributed by atoms with Crippen LogP contribution in [0.4, 0.5) is 0 Å². The van der Waals surface area contributed by atoms with Gasteiger partial charge in [0.2, 0.25) is 5.91 Å². The Labute approximate surface area is 260 Å². The summed E-state index contributed by atoms with van der Waals surface area (Å²) in [5, 5.41) is 5.96. The predicted molar refractivity (Wildman–Crippen MR) is 165 cm³/mol. The lowest BCUT2D eigenvalue weighted by Crippen LogP contribution is -2.45. The van der Waals surface area contributed by atoms with Gasteiger partial charge in [-0.3, -0.25) is 14.4 Å². The molecule has 45 heavy (non-hydrogen) atoms. The molecule has 4 bridgehead atoms. The number of benzene rings is 3. The molecule has 8 rings (SSSR count). The van der Waals surface area contributed by atoms with Crippen molar-refractivity contribution in [2.75, 3.05) is 26.3 Å². The maximum absolute atomic E-state index is 13.7. The third-order valence-corrected chi connectivity index (χ3v) is 8.47. The van der Waals surface area contributed by atoms with Gasteiger partial charge in [-0.25, -0.2) is 4.98 Å². The van der Waals surface area contributed by atoms with Gasteiger partial charge in [-0.1, -0.05) is 24.3 Å². The van der Waals surface area contributed by atoms with E-state index in [2.05, 4.69) is 15.6 Å². The van der Waals surface area contributed by atoms with E-state index < -0.39 is 12.1 Å². The van der Waals surface area contributed by atoms with Gasteiger partial charge >= 0.3 is 0 Å². The second-order valence-corrected chi connectivity index (χ2v) is 11.9. The Morgan fingerprint density at radius 2 is 1.84 bits per heavy atom. The lowest BCUT2D eigenvalue weighted by Gasteiger charge is -2.21. The molecule has 4 heterocycles. The quantitative estimate of drug-likeness (QED) is 0.356. The third-order valence-electron chi connectivity index (χ3n) is 8.47. The molecule has 2 atom stereocenters. The van der Waals surface area contributed by atoms with Crippen molar-refractivity contribution in [3.8, 4) is 17.2 Å². The molecule has 0 unspecified atom stereocenters. The normalized spacial score (nSPS) is 20.1. The molecule has 4 aliphatic rings. The maximum Gasteiger partial charge on any atom is 0.258 e. The highest BCUT2D eigenvalue weighted by Gasteiger charge is 2.38. The summed E-state index contributed by atoms with van der Waals surface area (Å²) in [5.74, 6) is 2.00. The number of para-hydroxylation sites is 2. The van der Waals surface area contributed by atoms with Gasteiger partial charge in [-0.2, -0.15) is 0 Å². The Balaban J connectivity index is 1.15. The highest BCUT2D eigenvalue weighted by molar-refractivity contribution is 5.95. The van der Waals surface area contributed by atoms with Crippen molar-refractivity contribution < 1.29 is 28.6 Å². The van der Waals surface area contributed by atoms with Crippen molar-refractivity contribution in [1.29, 1.82) is 0 Å². The predicted octanol–water partition coefficient (Wildman–Crippen LogP) is 3.23. The first-order valence-corrected chi connectivity index (χ1v) is 15.3. The number of carbonyl (C=O) groups excluding carboxylic acids is 3. The van der Waals surface area contributed by atoms with E-state index >= 15 is 0 Å². The summed E-state index contributed by atoms with van der Waals surface area (Å²) < 4.78 is 20.1. The summed E-state index contributed by atoms with van der Waals surface area (Å²) in [6.07, 6.45) is 1.76. The number of nitrogens with zero attached hydrogens (tertiary/aromatic N) is 3. The number of likely N-dealkylation sites (tertiary alicyclic amines) is 1. The van der Waals surface area contributed by atoms with Gasteiger partial charge in [0.05, 0.1) is 30.2 Å². The van der Waals surface area contributed by atoms with Crippen LogP contribution in [0.25, 0.3) is 11.0 Å². The van der Waals surface area contributed by atoms with Gasteiger partial charge in [-0.15, -0.1) is 0 Å². The molecule has 3 amide bonds. The summed E-state index contributed by atoms with van der Waals surface area (Å²) in [6, 6.07) is 19.6. The van der Waals surface area contributed by atoms with E-state index in [4.69, 9.17) is 14.2 Å². The SMILES string of the molecule is Cc1nc2ccccc2n1CC(=O)N1C[C@@H]2NC(=O)c3cc(cc(OCC4CC4)c3)OCC(=O)NCc3ccc(cc3)O[C@H]2C1. The first-order chi connectivity index (χ1) is 21.9. The number of hydrogen-bond donors (Lipinski definition) is 2. The Kier molecular flexibility index (Phi) is 7.74. The van der Waals surface area contributed by atoms with Crippen LogP contribution >= 0.6 is 0 Å². The smallest absolute Gasteiger partial charge is 0.258 e. The first-order valence-electron chi connectivity index (χ1n) is 15.3. The topological polar surface area (TPSA) is 124 Å². The van der Waals surface area contributed by atoms with Crippen LogP contribution in [0.2, 0.25) is 0 Å². The zero-order valence-corrected chi connectivity index (χ0v) is 25.0. The fraction of sp³-hybridized carbons (Fsp3) is 0.353. The van der Waals surface area contributed by atoms with Crippen LogP contribution in [0, 0.1) is 12.8 Å². The molecule has 1 aromatic heterocycles. The summed E-state index contributed by atoms with van der Waals surface area (Å²) in [5.41, 5.74) is 2.96. The van der Waals surface area contributed by atoms with Crippen molar-refractivity contribution in [3.05, 3.63) is 83.7 Å². The molecule has 4 aromatic rings. The molecular formula is C34H35N5O6. The summed E-state index contributed by atoms with van der Waals surface area (Å²) >= 11 is 0. The molecular weight excluding hydrogens is 574 g/mol. The van der Waals surface area contributed by atoms with E-state index in [0.29, 0.717) is 48.4 Å². The average Bonchev–Trinajstić information content (AvgIpc) is 3.72. The van der Waals surface area contributed by atoms with Crippen LogP contribution in [0.5, 0.6) is 17.2 Å². The number of imidazole rings is 1. The molecule has 0 spiro atoms. The van der Waals surface area contributed by atoms with E-state index in [9.17, 15) is 14.4 Å². The van der Waals surface area contributed by atoms with Gasteiger partial charge in [0.25, 0.3) is 11.8 Å². The molecule has 1 saturated carbocycles. The summed E-state index contributed by atoms with van der Waals surface area (Å²) in [7, 11) is 0. The minimum Gasteiger partial charge on any atom is -0.493 e. The fourth-order valence-corrected chi connectivity index (χ4v) is 5.75. The molecule has 1 aliphatic carbocycles. The van der Waals surface area contributed by atoms with Gasteiger partial charge in [0, 0.05) is 24.7 Å². The van der Waals surface area contributed by atoms with Gasteiger partial charge in [0.15, 0.2) is 6.61 Å². The van der Waals surface area contributed by atoms with Crippen molar-refractivity contribution in [3.63, 3.8) is 0 Å². The van der Waals surface area contributed by atoms with E-state index in [-0.39, 0.29) is 37.4 Å². The Hall–Kier alpha value is -5.06. The zero-order valence-electron chi connectivity index (χ0n) is 25.0. The summed E-state index contributed by atoms with van der Waals surface area (Å²) in [4.78, 5) is 46.2. The second kappa shape index (κ2) is 12.1. The molecule has 232 valence electrons. The highest BCUT2D eigenvalue weighted by atomic mass is 16.5. The average molecular weight is 610 g/mol. The molecule has 11 heteroatoms. The number of aryl methyl sites for hydroxylation is 1. The van der Waals surface area contributed by atoms with Crippen LogP contribution in [0.15, 0.2) is 66.7 Å². The van der Waals surface area contributed by atoms with Crippen molar-refractivity contribution in [2.45, 2.75) is 45.0 Å². The van der Waals surface area contributed by atoms with Crippen LogP contribution in [0.1, 0.15) is 34.6 Å². The number of rotatable bonds is 5. The molecule has 11 nitrogen and oxygen atoms in total. The molecule has 3 aromatic carbocycles. The van der Waals surface area contributed by atoms with E-state index in [1.165, 1.54) is 0 Å². The van der Waals surface area contributed by atoms with E-state index in [1.54, 1.807) is 23.1 Å². The number of ether oxygens (including phenoxy) is 3. The number of hydrogen-bond acceptors (Lipinski definition) is 7. The Morgan fingerprint density at radius 3 is 2.67 bits per heavy atom. The molecule has 0 radical (unpaired) electrons. The number of carbonyl (C=O) groups is 3. The Bertz CT molecular complexity index is 1750. The van der Waals surface area contributed by atoms with Gasteiger partial charge in [0.1, 0.15) is 35.7 Å². The van der Waals surface area contributed by atoms with Crippen LogP contribution in [0.3, 0.4) is 0 Å². The lowest BCUT2D eigenvalue weighted by atomic mass is 10.1. The molecule has 3 aliphatic heterocycles. The number of amides is 3. The fourth-order valence-electron chi connectivity index (χ4n) is 5.75. The number of aromatic nitrogens is 2. The van der Waals surface area contributed by atoms with Crippen molar-refractivity contribution >= 4 is 28.8 Å². The lowest BCUT2D eigenvalue weighted by molar-refractivity contribution is -0.131. The first kappa shape index (κ1) is 28.7. The van der Waals surface area contributed by atoms with Crippen LogP contribution in [-0.4, -0.2) is 70.6 Å². The Morgan fingerprint density at radius 1 is 1.02 bits per heavy atom. The minimum atomic E-state index is -0.496. The third kappa shape index (κ3) is 6.57. The monoisotopic (exact) mass is 609 g/mol. The highest BCUT2D eigenvalue weighted by Crippen LogP contribution is 2.31. The maximum atomic E-state index is 13.7. The van der Waals surface area contributed by atoms with Crippen molar-refractivity contribution in [2.24, 2.45) is 5.92 Å². The van der Waals surface area contributed by atoms with Crippen LogP contribution < -0.4 is 24.8 Å². The molecule has 2 fully saturated rings. The summed E-state index contributed by atoms with van der Waals surface area (Å²) in [6.45, 7) is 3.27. The number of nitrogens with one attached hydrogen (secondary N) is 2. The number of fused-ring (bicyclic) bond motifs is 8. The van der Waals surface area contributed by atoms with Gasteiger partial charge in [-0.05, 0) is 67.6 Å². The minimum absolute atomic E-state index is 0.0917. The standard InChI is InChI=1S/C34H35N5O6/c1-21-36-28-4-2-3-5-30(28)39(21)18-33(41)38-16-29-31(17-38)45-25-10-8-22(9-11-25)15-35-32(40)20-44-27-13-24(34(42)37-29)12-26(14-27)43-19-23-6-7-23/h2-5,8-14,23,29,31H,6-7,15-20H2,1H3,(H,35,40)(H,37,42)/t29-,31-/m0/s1. The van der Waals surface area contributed by atoms with E-state index in [1.807, 2.05) is 60.0 Å².